The van der Waals surface area contributed by atoms with Gasteiger partial charge in [0.1, 0.15) is 5.67 Å². The lowest BCUT2D eigenvalue weighted by Crippen LogP contribution is -2.48. The zero-order valence-corrected chi connectivity index (χ0v) is 11.2. The standard InChI is InChI=1S/C13H24FNO3/c1-2-3-10-18-12(17)15-8-4-6-13(14,11-15)7-5-9-16/h16H,2-11H2,1H3. The average Bonchev–Trinajstić information content (AvgIpc) is 2.37. The van der Waals surface area contributed by atoms with Crippen molar-refractivity contribution in [3.05, 3.63) is 0 Å². The van der Waals surface area contributed by atoms with E-state index in [0.29, 0.717) is 38.8 Å². The van der Waals surface area contributed by atoms with Gasteiger partial charge in [0.15, 0.2) is 0 Å². The summed E-state index contributed by atoms with van der Waals surface area (Å²) in [4.78, 5) is 13.2. The number of hydrogen-bond acceptors (Lipinski definition) is 3. The van der Waals surface area contributed by atoms with Gasteiger partial charge in [-0.1, -0.05) is 13.3 Å². The summed E-state index contributed by atoms with van der Waals surface area (Å²) in [5.41, 5.74) is -1.36. The first-order chi connectivity index (χ1) is 8.61. The van der Waals surface area contributed by atoms with Gasteiger partial charge in [-0.2, -0.15) is 0 Å². The summed E-state index contributed by atoms with van der Waals surface area (Å²) in [6.07, 6.45) is 3.27. The quantitative estimate of drug-likeness (QED) is 0.747. The molecule has 1 atom stereocenters. The summed E-state index contributed by atoms with van der Waals surface area (Å²) in [5.74, 6) is 0. The van der Waals surface area contributed by atoms with Gasteiger partial charge in [0.25, 0.3) is 0 Å². The van der Waals surface area contributed by atoms with Crippen molar-refractivity contribution in [2.24, 2.45) is 0 Å². The summed E-state index contributed by atoms with van der Waals surface area (Å²) in [7, 11) is 0. The number of unbranched alkanes of at least 4 members (excludes halogenated alkanes) is 1. The molecule has 4 nitrogen and oxygen atoms in total. The van der Waals surface area contributed by atoms with Gasteiger partial charge in [-0.3, -0.25) is 0 Å². The van der Waals surface area contributed by atoms with Crippen LogP contribution in [0.4, 0.5) is 9.18 Å². The Kier molecular flexibility index (Phi) is 6.39. The van der Waals surface area contributed by atoms with Crippen LogP contribution in [0.1, 0.15) is 45.4 Å². The van der Waals surface area contributed by atoms with Crippen LogP contribution in [0.2, 0.25) is 0 Å². The van der Waals surface area contributed by atoms with Crippen molar-refractivity contribution in [1.29, 1.82) is 0 Å². The Morgan fingerprint density at radius 1 is 1.50 bits per heavy atom. The number of alkyl halides is 1. The Morgan fingerprint density at radius 3 is 2.94 bits per heavy atom. The number of nitrogens with zero attached hydrogens (tertiary/aromatic N) is 1. The van der Waals surface area contributed by atoms with E-state index in [4.69, 9.17) is 9.84 Å². The van der Waals surface area contributed by atoms with Crippen LogP contribution in [0.15, 0.2) is 0 Å². The first-order valence-corrected chi connectivity index (χ1v) is 6.83. The smallest absolute Gasteiger partial charge is 0.409 e. The van der Waals surface area contributed by atoms with Crippen LogP contribution in [0.25, 0.3) is 0 Å². The minimum absolute atomic E-state index is 0.00732. The van der Waals surface area contributed by atoms with Crippen molar-refractivity contribution in [1.82, 2.24) is 4.90 Å². The van der Waals surface area contributed by atoms with Gasteiger partial charge < -0.3 is 14.7 Å². The van der Waals surface area contributed by atoms with Gasteiger partial charge in [-0.25, -0.2) is 9.18 Å². The third kappa shape index (κ3) is 4.80. The van der Waals surface area contributed by atoms with Crippen LogP contribution < -0.4 is 0 Å². The molecule has 1 heterocycles. The van der Waals surface area contributed by atoms with E-state index in [1.807, 2.05) is 6.92 Å². The molecular weight excluding hydrogens is 237 g/mol. The van der Waals surface area contributed by atoms with Gasteiger partial charge in [-0.05, 0) is 32.1 Å². The van der Waals surface area contributed by atoms with E-state index < -0.39 is 11.8 Å². The highest BCUT2D eigenvalue weighted by Gasteiger charge is 2.37. The number of carbonyl (C=O) groups is 1. The molecule has 18 heavy (non-hydrogen) atoms. The number of carbonyl (C=O) groups excluding carboxylic acids is 1. The number of hydrogen-bond donors (Lipinski definition) is 1. The predicted octanol–water partition coefficient (Wildman–Crippen LogP) is 2.50. The lowest BCUT2D eigenvalue weighted by Gasteiger charge is -2.36. The van der Waals surface area contributed by atoms with E-state index in [0.717, 1.165) is 12.8 Å². The summed E-state index contributed by atoms with van der Waals surface area (Å²) in [5, 5.41) is 8.76. The first-order valence-electron chi connectivity index (χ1n) is 6.83. The van der Waals surface area contributed by atoms with E-state index in [1.54, 1.807) is 0 Å². The summed E-state index contributed by atoms with van der Waals surface area (Å²) in [6.45, 7) is 3.08. The Labute approximate surface area is 108 Å². The zero-order valence-electron chi connectivity index (χ0n) is 11.2. The fourth-order valence-corrected chi connectivity index (χ4v) is 2.24. The Balaban J connectivity index is 2.39. The summed E-state index contributed by atoms with van der Waals surface area (Å²) >= 11 is 0. The van der Waals surface area contributed by atoms with E-state index >= 15 is 0 Å². The molecular formula is C13H24FNO3. The van der Waals surface area contributed by atoms with E-state index in [2.05, 4.69) is 0 Å². The minimum atomic E-state index is -1.36. The maximum atomic E-state index is 14.4. The van der Waals surface area contributed by atoms with Crippen LogP contribution in [-0.2, 0) is 4.74 Å². The molecule has 1 unspecified atom stereocenters. The van der Waals surface area contributed by atoms with Gasteiger partial charge in [-0.15, -0.1) is 0 Å². The second-order valence-corrected chi connectivity index (χ2v) is 4.97. The maximum absolute atomic E-state index is 14.4. The van der Waals surface area contributed by atoms with Gasteiger partial charge in [0.2, 0.25) is 0 Å². The van der Waals surface area contributed by atoms with Crippen molar-refractivity contribution in [3.63, 3.8) is 0 Å². The van der Waals surface area contributed by atoms with E-state index in [-0.39, 0.29) is 13.2 Å². The summed E-state index contributed by atoms with van der Waals surface area (Å²) < 4.78 is 19.5. The number of halogens is 1. The van der Waals surface area contributed by atoms with Crippen molar-refractivity contribution in [2.45, 2.75) is 51.1 Å². The fourth-order valence-electron chi connectivity index (χ4n) is 2.24. The van der Waals surface area contributed by atoms with Gasteiger partial charge >= 0.3 is 6.09 Å². The van der Waals surface area contributed by atoms with Crippen molar-refractivity contribution >= 4 is 6.09 Å². The van der Waals surface area contributed by atoms with Crippen LogP contribution in [0.5, 0.6) is 0 Å². The highest BCUT2D eigenvalue weighted by molar-refractivity contribution is 5.67. The molecule has 1 saturated heterocycles. The highest BCUT2D eigenvalue weighted by Crippen LogP contribution is 2.30. The first kappa shape index (κ1) is 15.2. The molecule has 0 spiro atoms. The van der Waals surface area contributed by atoms with Gasteiger partial charge in [0.05, 0.1) is 13.2 Å². The van der Waals surface area contributed by atoms with Crippen molar-refractivity contribution in [3.8, 4) is 0 Å². The van der Waals surface area contributed by atoms with Crippen LogP contribution >= 0.6 is 0 Å². The third-order valence-electron chi connectivity index (χ3n) is 3.29. The largest absolute Gasteiger partial charge is 0.449 e. The van der Waals surface area contributed by atoms with Crippen molar-refractivity contribution < 1.29 is 19.0 Å². The molecule has 0 radical (unpaired) electrons. The molecule has 1 aliphatic rings. The Morgan fingerprint density at radius 2 is 2.28 bits per heavy atom. The highest BCUT2D eigenvalue weighted by atomic mass is 19.1. The molecule has 1 N–H and O–H groups in total. The van der Waals surface area contributed by atoms with E-state index in [9.17, 15) is 9.18 Å². The molecule has 1 fully saturated rings. The molecule has 1 amide bonds. The predicted molar refractivity (Wildman–Crippen MR) is 67.2 cm³/mol. The number of aliphatic hydroxyl groups excluding tert-OH is 1. The third-order valence-corrected chi connectivity index (χ3v) is 3.29. The second kappa shape index (κ2) is 7.56. The Hall–Kier alpha value is -0.840. The molecule has 0 aromatic rings. The molecule has 5 heteroatoms. The number of amides is 1. The molecule has 106 valence electrons. The molecule has 0 saturated carbocycles. The fraction of sp³-hybridized carbons (Fsp3) is 0.923. The number of ether oxygens (including phenoxy) is 1. The zero-order chi connectivity index (χ0) is 13.4. The lowest BCUT2D eigenvalue weighted by molar-refractivity contribution is 0.0231. The molecule has 1 rings (SSSR count). The monoisotopic (exact) mass is 261 g/mol. The number of likely N-dealkylation sites (tertiary alicyclic amines) is 1. The molecule has 0 aromatic heterocycles. The Bertz CT molecular complexity index is 263. The minimum Gasteiger partial charge on any atom is -0.449 e. The number of aliphatic hydroxyl groups is 1. The average molecular weight is 261 g/mol. The normalized spacial score (nSPS) is 24.1. The topological polar surface area (TPSA) is 49.8 Å². The number of piperidine rings is 1. The van der Waals surface area contributed by atoms with Crippen LogP contribution in [0.3, 0.4) is 0 Å². The van der Waals surface area contributed by atoms with Crippen LogP contribution in [0, 0.1) is 0 Å². The molecule has 0 aromatic carbocycles. The maximum Gasteiger partial charge on any atom is 0.409 e. The lowest BCUT2D eigenvalue weighted by atomic mass is 9.90. The second-order valence-electron chi connectivity index (χ2n) is 4.97. The number of rotatable bonds is 6. The van der Waals surface area contributed by atoms with Crippen molar-refractivity contribution in [2.75, 3.05) is 26.3 Å². The summed E-state index contributed by atoms with van der Waals surface area (Å²) in [6, 6.07) is 0. The van der Waals surface area contributed by atoms with E-state index in [1.165, 1.54) is 4.90 Å². The van der Waals surface area contributed by atoms with Gasteiger partial charge in [0, 0.05) is 13.2 Å². The van der Waals surface area contributed by atoms with Crippen LogP contribution in [-0.4, -0.2) is 48.1 Å². The molecule has 0 aliphatic carbocycles. The molecule has 0 bridgehead atoms. The SMILES string of the molecule is CCCCOC(=O)N1CCCC(F)(CCCO)C1. The molecule has 1 aliphatic heterocycles.